The van der Waals surface area contributed by atoms with Crippen molar-refractivity contribution in [3.8, 4) is 5.75 Å². The fourth-order valence-electron chi connectivity index (χ4n) is 2.96. The standard InChI is InChI=1S/C20H22N2O2/c1-12-6-5-7-18(13(12)2)22-20(23)11-16-14(3)21-19-9-8-15(24-4)10-17(16)19/h5-10,21H,11H2,1-4H3,(H,22,23). The Morgan fingerprint density at radius 1 is 1.17 bits per heavy atom. The van der Waals surface area contributed by atoms with E-state index in [0.717, 1.165) is 39.2 Å². The summed E-state index contributed by atoms with van der Waals surface area (Å²) in [5.41, 5.74) is 6.17. The van der Waals surface area contributed by atoms with Crippen molar-refractivity contribution in [2.75, 3.05) is 12.4 Å². The minimum atomic E-state index is -0.0180. The summed E-state index contributed by atoms with van der Waals surface area (Å²) < 4.78 is 5.30. The van der Waals surface area contributed by atoms with Gasteiger partial charge in [-0.3, -0.25) is 4.79 Å². The highest BCUT2D eigenvalue weighted by atomic mass is 16.5. The second-order valence-electron chi connectivity index (χ2n) is 6.11. The summed E-state index contributed by atoms with van der Waals surface area (Å²) in [7, 11) is 1.65. The molecular weight excluding hydrogens is 300 g/mol. The van der Waals surface area contributed by atoms with Crippen LogP contribution in [0.2, 0.25) is 0 Å². The first kappa shape index (κ1) is 16.1. The molecule has 2 aromatic carbocycles. The van der Waals surface area contributed by atoms with Crippen molar-refractivity contribution in [2.45, 2.75) is 27.2 Å². The summed E-state index contributed by atoms with van der Waals surface area (Å²) in [6.07, 6.45) is 0.326. The molecule has 0 aliphatic heterocycles. The van der Waals surface area contributed by atoms with Gasteiger partial charge in [0.2, 0.25) is 5.91 Å². The zero-order valence-electron chi connectivity index (χ0n) is 14.5. The fraction of sp³-hybridized carbons (Fsp3) is 0.250. The fourth-order valence-corrected chi connectivity index (χ4v) is 2.96. The lowest BCUT2D eigenvalue weighted by Crippen LogP contribution is -2.15. The molecule has 4 heteroatoms. The van der Waals surface area contributed by atoms with Gasteiger partial charge in [0.15, 0.2) is 0 Å². The number of hydrogen-bond donors (Lipinski definition) is 2. The number of rotatable bonds is 4. The lowest BCUT2D eigenvalue weighted by atomic mass is 10.1. The quantitative estimate of drug-likeness (QED) is 0.753. The van der Waals surface area contributed by atoms with E-state index >= 15 is 0 Å². The van der Waals surface area contributed by atoms with E-state index in [1.165, 1.54) is 5.56 Å². The monoisotopic (exact) mass is 322 g/mol. The van der Waals surface area contributed by atoms with Gasteiger partial charge >= 0.3 is 0 Å². The van der Waals surface area contributed by atoms with E-state index in [2.05, 4.69) is 10.3 Å². The molecule has 4 nitrogen and oxygen atoms in total. The van der Waals surface area contributed by atoms with E-state index in [1.807, 2.05) is 57.2 Å². The summed E-state index contributed by atoms with van der Waals surface area (Å²) in [5.74, 6) is 0.771. The Kier molecular flexibility index (Phi) is 4.30. The molecule has 0 fully saturated rings. The number of carbonyl (C=O) groups excluding carboxylic acids is 1. The molecule has 0 saturated heterocycles. The van der Waals surface area contributed by atoms with E-state index in [9.17, 15) is 4.79 Å². The number of nitrogens with one attached hydrogen (secondary N) is 2. The van der Waals surface area contributed by atoms with Gasteiger partial charge in [-0.2, -0.15) is 0 Å². The van der Waals surface area contributed by atoms with Crippen molar-refractivity contribution in [2.24, 2.45) is 0 Å². The third-order valence-electron chi connectivity index (χ3n) is 4.54. The first-order valence-corrected chi connectivity index (χ1v) is 8.01. The number of ether oxygens (including phenoxy) is 1. The van der Waals surface area contributed by atoms with Gasteiger partial charge in [-0.15, -0.1) is 0 Å². The summed E-state index contributed by atoms with van der Waals surface area (Å²) >= 11 is 0. The van der Waals surface area contributed by atoms with Crippen molar-refractivity contribution in [3.63, 3.8) is 0 Å². The van der Waals surface area contributed by atoms with E-state index < -0.39 is 0 Å². The van der Waals surface area contributed by atoms with Gasteiger partial charge in [0, 0.05) is 22.3 Å². The molecule has 0 aliphatic rings. The van der Waals surface area contributed by atoms with Gasteiger partial charge < -0.3 is 15.0 Å². The molecule has 3 rings (SSSR count). The molecule has 1 aromatic heterocycles. The molecule has 0 atom stereocenters. The minimum Gasteiger partial charge on any atom is -0.497 e. The predicted octanol–water partition coefficient (Wildman–Crippen LogP) is 4.28. The van der Waals surface area contributed by atoms with Crippen LogP contribution in [-0.4, -0.2) is 18.0 Å². The summed E-state index contributed by atoms with van der Waals surface area (Å²) in [5, 5.41) is 4.06. The zero-order valence-corrected chi connectivity index (χ0v) is 14.5. The van der Waals surface area contributed by atoms with Gasteiger partial charge in [-0.05, 0) is 61.7 Å². The maximum Gasteiger partial charge on any atom is 0.228 e. The third kappa shape index (κ3) is 3.00. The van der Waals surface area contributed by atoms with Crippen LogP contribution >= 0.6 is 0 Å². The van der Waals surface area contributed by atoms with E-state index in [-0.39, 0.29) is 5.91 Å². The number of anilines is 1. The minimum absolute atomic E-state index is 0.0180. The second-order valence-corrected chi connectivity index (χ2v) is 6.11. The molecule has 0 aliphatic carbocycles. The highest BCUT2D eigenvalue weighted by Crippen LogP contribution is 2.27. The Labute approximate surface area is 141 Å². The summed E-state index contributed by atoms with van der Waals surface area (Å²) in [6, 6.07) is 11.8. The number of aryl methyl sites for hydroxylation is 2. The topological polar surface area (TPSA) is 54.1 Å². The average Bonchev–Trinajstić information content (AvgIpc) is 2.87. The zero-order chi connectivity index (χ0) is 17.3. The molecule has 0 unspecified atom stereocenters. The van der Waals surface area contributed by atoms with Gasteiger partial charge in [0.1, 0.15) is 5.75 Å². The Balaban J connectivity index is 1.87. The van der Waals surface area contributed by atoms with Crippen molar-refractivity contribution in [1.82, 2.24) is 4.98 Å². The van der Waals surface area contributed by atoms with Gasteiger partial charge in [-0.25, -0.2) is 0 Å². The van der Waals surface area contributed by atoms with E-state index in [4.69, 9.17) is 4.74 Å². The highest BCUT2D eigenvalue weighted by Gasteiger charge is 2.14. The highest BCUT2D eigenvalue weighted by molar-refractivity contribution is 5.97. The number of aromatic nitrogens is 1. The Morgan fingerprint density at radius 2 is 1.96 bits per heavy atom. The first-order chi connectivity index (χ1) is 11.5. The molecule has 124 valence electrons. The molecular formula is C20H22N2O2. The van der Waals surface area contributed by atoms with Gasteiger partial charge in [-0.1, -0.05) is 12.1 Å². The van der Waals surface area contributed by atoms with Crippen LogP contribution in [-0.2, 0) is 11.2 Å². The van der Waals surface area contributed by atoms with E-state index in [0.29, 0.717) is 6.42 Å². The largest absolute Gasteiger partial charge is 0.497 e. The molecule has 1 amide bonds. The molecule has 0 saturated carbocycles. The normalized spacial score (nSPS) is 10.8. The summed E-state index contributed by atoms with van der Waals surface area (Å²) in [6.45, 7) is 6.06. The van der Waals surface area contributed by atoms with Crippen LogP contribution in [0.1, 0.15) is 22.4 Å². The summed E-state index contributed by atoms with van der Waals surface area (Å²) in [4.78, 5) is 15.9. The van der Waals surface area contributed by atoms with Crippen LogP contribution < -0.4 is 10.1 Å². The van der Waals surface area contributed by atoms with Crippen LogP contribution in [0.25, 0.3) is 10.9 Å². The average molecular weight is 322 g/mol. The second kappa shape index (κ2) is 6.40. The molecule has 3 aromatic rings. The number of aromatic amines is 1. The maximum atomic E-state index is 12.5. The molecule has 1 heterocycles. The number of hydrogen-bond acceptors (Lipinski definition) is 2. The van der Waals surface area contributed by atoms with E-state index in [1.54, 1.807) is 7.11 Å². The Bertz CT molecular complexity index is 909. The third-order valence-corrected chi connectivity index (χ3v) is 4.54. The number of H-pyrrole nitrogens is 1. The van der Waals surface area contributed by atoms with Crippen molar-refractivity contribution >= 4 is 22.5 Å². The first-order valence-electron chi connectivity index (χ1n) is 8.01. The van der Waals surface area contributed by atoms with Crippen LogP contribution in [0.3, 0.4) is 0 Å². The molecule has 0 spiro atoms. The Morgan fingerprint density at radius 3 is 2.71 bits per heavy atom. The van der Waals surface area contributed by atoms with Crippen molar-refractivity contribution in [1.29, 1.82) is 0 Å². The van der Waals surface area contributed by atoms with Gasteiger partial charge in [0.05, 0.1) is 13.5 Å². The maximum absolute atomic E-state index is 12.5. The number of carbonyl (C=O) groups is 1. The van der Waals surface area contributed by atoms with Crippen LogP contribution in [0, 0.1) is 20.8 Å². The van der Waals surface area contributed by atoms with Gasteiger partial charge in [0.25, 0.3) is 0 Å². The number of benzene rings is 2. The molecule has 0 bridgehead atoms. The Hall–Kier alpha value is -2.75. The predicted molar refractivity (Wildman–Crippen MR) is 97.8 cm³/mol. The lowest BCUT2D eigenvalue weighted by Gasteiger charge is -2.10. The SMILES string of the molecule is COc1ccc2[nH]c(C)c(CC(=O)Nc3cccc(C)c3C)c2c1. The number of fused-ring (bicyclic) bond motifs is 1. The lowest BCUT2D eigenvalue weighted by molar-refractivity contribution is -0.115. The van der Waals surface area contributed by atoms with Crippen LogP contribution in [0.15, 0.2) is 36.4 Å². The van der Waals surface area contributed by atoms with Crippen LogP contribution in [0.5, 0.6) is 5.75 Å². The molecule has 0 radical (unpaired) electrons. The molecule has 24 heavy (non-hydrogen) atoms. The van der Waals surface area contributed by atoms with Crippen molar-refractivity contribution in [3.05, 3.63) is 58.8 Å². The smallest absolute Gasteiger partial charge is 0.228 e. The number of methoxy groups -OCH3 is 1. The van der Waals surface area contributed by atoms with Crippen LogP contribution in [0.4, 0.5) is 5.69 Å². The van der Waals surface area contributed by atoms with Crippen molar-refractivity contribution < 1.29 is 9.53 Å². The molecule has 2 N–H and O–H groups in total. The number of amides is 1.